The Kier molecular flexibility index (Phi) is 5.11. The molecule has 1 aromatic carbocycles. The van der Waals surface area contributed by atoms with Gasteiger partial charge in [0.2, 0.25) is 0 Å². The number of para-hydroxylation sites is 2. The quantitative estimate of drug-likeness (QED) is 0.462. The van der Waals surface area contributed by atoms with E-state index in [2.05, 4.69) is 5.32 Å². The third kappa shape index (κ3) is 4.18. The fourth-order valence-corrected chi connectivity index (χ4v) is 2.03. The van der Waals surface area contributed by atoms with Gasteiger partial charge >= 0.3 is 5.69 Å². The summed E-state index contributed by atoms with van der Waals surface area (Å²) in [6.07, 6.45) is 2.52. The third-order valence-electron chi connectivity index (χ3n) is 2.99. The van der Waals surface area contributed by atoms with Gasteiger partial charge in [-0.1, -0.05) is 12.1 Å². The summed E-state index contributed by atoms with van der Waals surface area (Å²) in [5.74, 6) is 0.311. The van der Waals surface area contributed by atoms with Gasteiger partial charge in [0.15, 0.2) is 5.75 Å². The van der Waals surface area contributed by atoms with E-state index in [1.807, 2.05) is 0 Å². The number of nitrogens with zero attached hydrogens (tertiary/aromatic N) is 1. The Morgan fingerprint density at radius 3 is 3.05 bits per heavy atom. The molecular weight excluding hydrogens is 248 g/mol. The predicted molar refractivity (Wildman–Crippen MR) is 70.4 cm³/mol. The first-order valence-corrected chi connectivity index (χ1v) is 6.46. The van der Waals surface area contributed by atoms with E-state index in [0.717, 1.165) is 26.0 Å². The summed E-state index contributed by atoms with van der Waals surface area (Å²) in [6, 6.07) is 6.40. The lowest BCUT2D eigenvalue weighted by Crippen LogP contribution is -2.29. The molecule has 19 heavy (non-hydrogen) atoms. The maximum Gasteiger partial charge on any atom is 0.310 e. The highest BCUT2D eigenvalue weighted by molar-refractivity contribution is 5.45. The molecule has 1 aliphatic rings. The minimum absolute atomic E-state index is 0.00151. The molecule has 2 rings (SSSR count). The molecule has 6 heteroatoms. The van der Waals surface area contributed by atoms with Gasteiger partial charge in [0.05, 0.1) is 11.0 Å². The van der Waals surface area contributed by atoms with Gasteiger partial charge in [-0.3, -0.25) is 10.1 Å². The van der Waals surface area contributed by atoms with Gasteiger partial charge in [0.25, 0.3) is 0 Å². The number of nitro benzene ring substituents is 1. The van der Waals surface area contributed by atoms with E-state index < -0.39 is 4.92 Å². The van der Waals surface area contributed by atoms with Gasteiger partial charge in [-0.2, -0.15) is 0 Å². The van der Waals surface area contributed by atoms with Crippen molar-refractivity contribution in [2.24, 2.45) is 0 Å². The Morgan fingerprint density at radius 2 is 2.32 bits per heavy atom. The number of hydrogen-bond donors (Lipinski definition) is 1. The van der Waals surface area contributed by atoms with Gasteiger partial charge in [-0.05, 0) is 18.9 Å². The molecule has 1 aliphatic heterocycles. The van der Waals surface area contributed by atoms with Crippen LogP contribution in [0.5, 0.6) is 5.75 Å². The number of benzene rings is 1. The number of ether oxygens (including phenoxy) is 2. The molecule has 1 unspecified atom stereocenters. The van der Waals surface area contributed by atoms with Crippen LogP contribution in [0.4, 0.5) is 5.69 Å². The number of rotatable bonds is 7. The fraction of sp³-hybridized carbons (Fsp3) is 0.538. The van der Waals surface area contributed by atoms with Crippen molar-refractivity contribution in [1.29, 1.82) is 0 Å². The normalized spacial score (nSPS) is 18.4. The number of hydrogen-bond acceptors (Lipinski definition) is 5. The van der Waals surface area contributed by atoms with Gasteiger partial charge in [0, 0.05) is 25.8 Å². The van der Waals surface area contributed by atoms with Crippen LogP contribution in [0.3, 0.4) is 0 Å². The Bertz CT molecular complexity index is 419. The molecule has 1 fully saturated rings. The average Bonchev–Trinajstić information content (AvgIpc) is 2.92. The lowest BCUT2D eigenvalue weighted by atomic mass is 10.2. The average molecular weight is 266 g/mol. The molecule has 0 saturated carbocycles. The highest BCUT2D eigenvalue weighted by Gasteiger charge is 2.15. The third-order valence-corrected chi connectivity index (χ3v) is 2.99. The van der Waals surface area contributed by atoms with E-state index in [-0.39, 0.29) is 5.69 Å². The summed E-state index contributed by atoms with van der Waals surface area (Å²) in [6.45, 7) is 2.70. The van der Waals surface area contributed by atoms with Gasteiger partial charge in [0.1, 0.15) is 6.61 Å². The monoisotopic (exact) mass is 266 g/mol. The summed E-state index contributed by atoms with van der Waals surface area (Å²) in [5.41, 5.74) is 0.00151. The molecule has 0 aromatic heterocycles. The van der Waals surface area contributed by atoms with Gasteiger partial charge < -0.3 is 14.8 Å². The van der Waals surface area contributed by atoms with Crippen molar-refractivity contribution < 1.29 is 14.4 Å². The zero-order chi connectivity index (χ0) is 13.5. The topological polar surface area (TPSA) is 73.6 Å². The molecule has 0 spiro atoms. The van der Waals surface area contributed by atoms with Crippen molar-refractivity contribution in [1.82, 2.24) is 5.32 Å². The molecule has 104 valence electrons. The van der Waals surface area contributed by atoms with Crippen LogP contribution in [0.25, 0.3) is 0 Å². The Hall–Kier alpha value is -1.66. The van der Waals surface area contributed by atoms with Gasteiger partial charge in [-0.15, -0.1) is 0 Å². The lowest BCUT2D eigenvalue weighted by Gasteiger charge is -2.11. The summed E-state index contributed by atoms with van der Waals surface area (Å²) in [4.78, 5) is 10.3. The summed E-state index contributed by atoms with van der Waals surface area (Å²) >= 11 is 0. The maximum absolute atomic E-state index is 10.8. The Morgan fingerprint density at radius 1 is 1.47 bits per heavy atom. The van der Waals surface area contributed by atoms with Crippen molar-refractivity contribution in [3.63, 3.8) is 0 Å². The van der Waals surface area contributed by atoms with Crippen molar-refractivity contribution in [3.8, 4) is 5.75 Å². The van der Waals surface area contributed by atoms with Crippen molar-refractivity contribution in [2.45, 2.75) is 18.9 Å². The first kappa shape index (κ1) is 13.8. The molecular formula is C13H18N2O4. The molecule has 1 aromatic rings. The number of nitro groups is 1. The summed E-state index contributed by atoms with van der Waals surface area (Å²) < 4.78 is 10.9. The predicted octanol–water partition coefficient (Wildman–Crippen LogP) is 1.74. The zero-order valence-corrected chi connectivity index (χ0v) is 10.7. The minimum Gasteiger partial charge on any atom is -0.485 e. The van der Waals surface area contributed by atoms with Crippen molar-refractivity contribution >= 4 is 5.69 Å². The fourth-order valence-electron chi connectivity index (χ4n) is 2.03. The van der Waals surface area contributed by atoms with Crippen LogP contribution in [0, 0.1) is 10.1 Å². The second kappa shape index (κ2) is 7.06. The zero-order valence-electron chi connectivity index (χ0n) is 10.7. The van der Waals surface area contributed by atoms with Crippen LogP contribution >= 0.6 is 0 Å². The molecule has 0 amide bonds. The second-order valence-corrected chi connectivity index (χ2v) is 4.41. The summed E-state index contributed by atoms with van der Waals surface area (Å²) in [7, 11) is 0. The standard InChI is InChI=1S/C13H18N2O4/c16-15(17)12-5-1-2-6-13(12)19-9-7-14-10-11-4-3-8-18-11/h1-2,5-6,11,14H,3-4,7-10H2. The van der Waals surface area contributed by atoms with E-state index in [0.29, 0.717) is 25.0 Å². The molecule has 0 bridgehead atoms. The molecule has 1 N–H and O–H groups in total. The van der Waals surface area contributed by atoms with E-state index in [1.165, 1.54) is 6.07 Å². The van der Waals surface area contributed by atoms with E-state index in [9.17, 15) is 10.1 Å². The first-order chi connectivity index (χ1) is 9.27. The minimum atomic E-state index is -0.435. The maximum atomic E-state index is 10.8. The van der Waals surface area contributed by atoms with E-state index in [4.69, 9.17) is 9.47 Å². The lowest BCUT2D eigenvalue weighted by molar-refractivity contribution is -0.385. The molecule has 0 radical (unpaired) electrons. The van der Waals surface area contributed by atoms with Crippen LogP contribution in [0.2, 0.25) is 0 Å². The molecule has 1 atom stereocenters. The number of nitrogens with one attached hydrogen (secondary N) is 1. The van der Waals surface area contributed by atoms with Crippen LogP contribution in [0.15, 0.2) is 24.3 Å². The summed E-state index contributed by atoms with van der Waals surface area (Å²) in [5, 5.41) is 14.0. The smallest absolute Gasteiger partial charge is 0.310 e. The SMILES string of the molecule is O=[N+]([O-])c1ccccc1OCCNCC1CCCO1. The van der Waals surface area contributed by atoms with Crippen molar-refractivity contribution in [2.75, 3.05) is 26.3 Å². The van der Waals surface area contributed by atoms with Crippen molar-refractivity contribution in [3.05, 3.63) is 34.4 Å². The molecule has 1 saturated heterocycles. The van der Waals surface area contributed by atoms with Crippen LogP contribution in [-0.4, -0.2) is 37.3 Å². The Labute approximate surface area is 111 Å². The van der Waals surface area contributed by atoms with E-state index >= 15 is 0 Å². The molecule has 6 nitrogen and oxygen atoms in total. The Balaban J connectivity index is 1.69. The second-order valence-electron chi connectivity index (χ2n) is 4.41. The van der Waals surface area contributed by atoms with E-state index in [1.54, 1.807) is 18.2 Å². The van der Waals surface area contributed by atoms with Crippen LogP contribution in [0.1, 0.15) is 12.8 Å². The highest BCUT2D eigenvalue weighted by atomic mass is 16.6. The van der Waals surface area contributed by atoms with Gasteiger partial charge in [-0.25, -0.2) is 0 Å². The highest BCUT2D eigenvalue weighted by Crippen LogP contribution is 2.25. The largest absolute Gasteiger partial charge is 0.485 e. The van der Waals surface area contributed by atoms with Crippen LogP contribution in [-0.2, 0) is 4.74 Å². The molecule has 0 aliphatic carbocycles. The first-order valence-electron chi connectivity index (χ1n) is 6.46. The molecule has 1 heterocycles. The van der Waals surface area contributed by atoms with Crippen LogP contribution < -0.4 is 10.1 Å².